The highest BCUT2D eigenvalue weighted by Gasteiger charge is 2.03. The third-order valence-electron chi connectivity index (χ3n) is 1.57. The lowest BCUT2D eigenvalue weighted by atomic mass is 10.0. The largest absolute Gasteiger partial charge is 0.324 e. The van der Waals surface area contributed by atoms with Gasteiger partial charge in [-0.2, -0.15) is 5.26 Å². The molecule has 0 aliphatic carbocycles. The summed E-state index contributed by atoms with van der Waals surface area (Å²) in [7, 11) is 0. The van der Waals surface area contributed by atoms with Gasteiger partial charge in [-0.3, -0.25) is 0 Å². The summed E-state index contributed by atoms with van der Waals surface area (Å²) < 4.78 is 0. The van der Waals surface area contributed by atoms with Crippen LogP contribution in [0.3, 0.4) is 0 Å². The van der Waals surface area contributed by atoms with Crippen LogP contribution in [0.25, 0.3) is 0 Å². The number of nitrogens with two attached hydrogens (primary N) is 1. The Morgan fingerprint density at radius 3 is 2.42 bits per heavy atom. The molecule has 0 aliphatic heterocycles. The van der Waals surface area contributed by atoms with Crippen molar-refractivity contribution in [1.29, 1.82) is 5.26 Å². The standard InChI is InChI=1S/C9H10N2.ClH/c1-7(11)9-5-3-2-4-8(9)6-10;/h2-5,7H,11H2,1H3;1H/t7-;/m0./s1. The molecule has 0 unspecified atom stereocenters. The van der Waals surface area contributed by atoms with Gasteiger partial charge in [0.2, 0.25) is 0 Å². The number of benzene rings is 1. The first-order chi connectivity index (χ1) is 5.25. The molecule has 0 aliphatic rings. The zero-order chi connectivity index (χ0) is 8.27. The number of hydrogen-bond acceptors (Lipinski definition) is 2. The molecule has 3 heteroatoms. The Kier molecular flexibility index (Phi) is 4.35. The molecule has 0 saturated heterocycles. The second kappa shape index (κ2) is 4.76. The van der Waals surface area contributed by atoms with Crippen molar-refractivity contribution in [3.63, 3.8) is 0 Å². The van der Waals surface area contributed by atoms with Gasteiger partial charge >= 0.3 is 0 Å². The van der Waals surface area contributed by atoms with E-state index in [1.807, 2.05) is 25.1 Å². The van der Waals surface area contributed by atoms with Gasteiger partial charge in [-0.15, -0.1) is 12.4 Å². The van der Waals surface area contributed by atoms with E-state index in [1.165, 1.54) is 0 Å². The Balaban J connectivity index is 0.00000121. The van der Waals surface area contributed by atoms with Crippen molar-refractivity contribution in [3.05, 3.63) is 35.4 Å². The fraction of sp³-hybridized carbons (Fsp3) is 0.222. The van der Waals surface area contributed by atoms with E-state index >= 15 is 0 Å². The number of hydrogen-bond donors (Lipinski definition) is 1. The topological polar surface area (TPSA) is 49.8 Å². The third-order valence-corrected chi connectivity index (χ3v) is 1.57. The van der Waals surface area contributed by atoms with Gasteiger partial charge in [0.05, 0.1) is 11.6 Å². The molecule has 1 atom stereocenters. The van der Waals surface area contributed by atoms with E-state index in [0.29, 0.717) is 5.56 Å². The van der Waals surface area contributed by atoms with Crippen molar-refractivity contribution < 1.29 is 0 Å². The van der Waals surface area contributed by atoms with Crippen LogP contribution >= 0.6 is 12.4 Å². The summed E-state index contributed by atoms with van der Waals surface area (Å²) in [6.45, 7) is 1.87. The van der Waals surface area contributed by atoms with Gasteiger partial charge in [-0.25, -0.2) is 0 Å². The van der Waals surface area contributed by atoms with Crippen molar-refractivity contribution in [2.24, 2.45) is 5.73 Å². The molecular weight excluding hydrogens is 172 g/mol. The van der Waals surface area contributed by atoms with Crippen LogP contribution in [0.4, 0.5) is 0 Å². The average molecular weight is 183 g/mol. The van der Waals surface area contributed by atoms with Gasteiger partial charge in [0, 0.05) is 6.04 Å². The molecular formula is C9H11ClN2. The first kappa shape index (κ1) is 11.0. The van der Waals surface area contributed by atoms with E-state index in [2.05, 4.69) is 6.07 Å². The van der Waals surface area contributed by atoms with E-state index in [1.54, 1.807) is 6.07 Å². The van der Waals surface area contributed by atoms with Crippen LogP contribution in [0.2, 0.25) is 0 Å². The van der Waals surface area contributed by atoms with Crippen LogP contribution in [0.15, 0.2) is 24.3 Å². The second-order valence-electron chi connectivity index (χ2n) is 2.49. The normalized spacial score (nSPS) is 11.1. The van der Waals surface area contributed by atoms with Crippen LogP contribution in [0, 0.1) is 11.3 Å². The fourth-order valence-corrected chi connectivity index (χ4v) is 0.996. The van der Waals surface area contributed by atoms with Crippen LogP contribution in [-0.2, 0) is 0 Å². The van der Waals surface area contributed by atoms with Crippen molar-refractivity contribution in [2.45, 2.75) is 13.0 Å². The third kappa shape index (κ3) is 2.23. The molecule has 1 rings (SSSR count). The van der Waals surface area contributed by atoms with Crippen LogP contribution in [0.1, 0.15) is 24.1 Å². The lowest BCUT2D eigenvalue weighted by molar-refractivity contribution is 0.815. The molecule has 0 amide bonds. The summed E-state index contributed by atoms with van der Waals surface area (Å²) in [5.41, 5.74) is 7.22. The molecule has 0 saturated carbocycles. The molecule has 64 valence electrons. The number of nitrogens with zero attached hydrogens (tertiary/aromatic N) is 1. The van der Waals surface area contributed by atoms with Crippen molar-refractivity contribution in [1.82, 2.24) is 0 Å². The number of nitriles is 1. The lowest BCUT2D eigenvalue weighted by Crippen LogP contribution is -2.06. The molecule has 0 heterocycles. The molecule has 1 aromatic rings. The minimum absolute atomic E-state index is 0. The van der Waals surface area contributed by atoms with Gasteiger partial charge in [-0.1, -0.05) is 18.2 Å². The van der Waals surface area contributed by atoms with E-state index in [9.17, 15) is 0 Å². The zero-order valence-corrected chi connectivity index (χ0v) is 7.64. The molecule has 0 fully saturated rings. The molecule has 0 bridgehead atoms. The molecule has 12 heavy (non-hydrogen) atoms. The minimum atomic E-state index is -0.0640. The van der Waals surface area contributed by atoms with Gasteiger partial charge in [0.15, 0.2) is 0 Å². The molecule has 1 aromatic carbocycles. The summed E-state index contributed by atoms with van der Waals surface area (Å²) in [6, 6.07) is 9.41. The SMILES string of the molecule is C[C@H](N)c1ccccc1C#N.Cl. The molecule has 0 aromatic heterocycles. The van der Waals surface area contributed by atoms with Gasteiger partial charge in [0.1, 0.15) is 0 Å². The van der Waals surface area contributed by atoms with Crippen molar-refractivity contribution in [2.75, 3.05) is 0 Å². The summed E-state index contributed by atoms with van der Waals surface area (Å²) >= 11 is 0. The predicted octanol–water partition coefficient (Wildman–Crippen LogP) is 2.00. The number of rotatable bonds is 1. The van der Waals surface area contributed by atoms with E-state index in [-0.39, 0.29) is 18.4 Å². The molecule has 0 radical (unpaired) electrons. The fourth-order valence-electron chi connectivity index (χ4n) is 0.996. The lowest BCUT2D eigenvalue weighted by Gasteiger charge is -2.05. The van der Waals surface area contributed by atoms with E-state index in [0.717, 1.165) is 5.56 Å². The van der Waals surface area contributed by atoms with E-state index < -0.39 is 0 Å². The van der Waals surface area contributed by atoms with Gasteiger partial charge in [-0.05, 0) is 18.6 Å². The maximum Gasteiger partial charge on any atom is 0.0995 e. The van der Waals surface area contributed by atoms with Crippen molar-refractivity contribution in [3.8, 4) is 6.07 Å². The highest BCUT2D eigenvalue weighted by molar-refractivity contribution is 5.85. The average Bonchev–Trinajstić information content (AvgIpc) is 2.04. The maximum absolute atomic E-state index is 8.66. The summed E-state index contributed by atoms with van der Waals surface area (Å²) in [5, 5.41) is 8.66. The first-order valence-corrected chi connectivity index (χ1v) is 3.50. The first-order valence-electron chi connectivity index (χ1n) is 3.50. The van der Waals surface area contributed by atoms with Crippen LogP contribution in [-0.4, -0.2) is 0 Å². The monoisotopic (exact) mass is 182 g/mol. The van der Waals surface area contributed by atoms with E-state index in [4.69, 9.17) is 11.0 Å². The quantitative estimate of drug-likeness (QED) is 0.722. The summed E-state index contributed by atoms with van der Waals surface area (Å²) in [4.78, 5) is 0. The Morgan fingerprint density at radius 2 is 2.00 bits per heavy atom. The predicted molar refractivity (Wildman–Crippen MR) is 51.0 cm³/mol. The molecule has 0 spiro atoms. The maximum atomic E-state index is 8.66. The Labute approximate surface area is 78.4 Å². The highest BCUT2D eigenvalue weighted by Crippen LogP contribution is 2.13. The Hall–Kier alpha value is -1.04. The van der Waals surface area contributed by atoms with Gasteiger partial charge in [0.25, 0.3) is 0 Å². The zero-order valence-electron chi connectivity index (χ0n) is 6.82. The second-order valence-corrected chi connectivity index (χ2v) is 2.49. The molecule has 2 nitrogen and oxygen atoms in total. The van der Waals surface area contributed by atoms with Crippen LogP contribution in [0.5, 0.6) is 0 Å². The number of halogens is 1. The molecule has 2 N–H and O–H groups in total. The summed E-state index contributed by atoms with van der Waals surface area (Å²) in [5.74, 6) is 0. The summed E-state index contributed by atoms with van der Waals surface area (Å²) in [6.07, 6.45) is 0. The van der Waals surface area contributed by atoms with Crippen LogP contribution < -0.4 is 5.73 Å². The minimum Gasteiger partial charge on any atom is -0.324 e. The van der Waals surface area contributed by atoms with Gasteiger partial charge < -0.3 is 5.73 Å². The van der Waals surface area contributed by atoms with Crippen molar-refractivity contribution >= 4 is 12.4 Å². The Bertz CT molecular complexity index is 289. The highest BCUT2D eigenvalue weighted by atomic mass is 35.5. The Morgan fingerprint density at radius 1 is 1.42 bits per heavy atom. The smallest absolute Gasteiger partial charge is 0.0995 e.